The van der Waals surface area contributed by atoms with Crippen molar-refractivity contribution in [2.75, 3.05) is 13.6 Å². The predicted molar refractivity (Wildman–Crippen MR) is 121 cm³/mol. The molecule has 28 heavy (non-hydrogen) atoms. The maximum Gasteiger partial charge on any atom is 0.191 e. The van der Waals surface area contributed by atoms with Gasteiger partial charge in [0.05, 0.1) is 0 Å². The van der Waals surface area contributed by atoms with E-state index in [1.165, 1.54) is 19.3 Å². The van der Waals surface area contributed by atoms with Crippen LogP contribution in [-0.2, 0) is 25.9 Å². The molecule has 1 aliphatic rings. The highest BCUT2D eigenvalue weighted by Gasteiger charge is 2.14. The van der Waals surface area contributed by atoms with Gasteiger partial charge in [-0.3, -0.25) is 4.99 Å². The number of nitrogens with one attached hydrogen (secondary N) is 2. The summed E-state index contributed by atoms with van der Waals surface area (Å²) < 4.78 is 15.9. The molecule has 2 heterocycles. The van der Waals surface area contributed by atoms with Crippen LogP contribution in [0.3, 0.4) is 0 Å². The molecule has 0 bridgehead atoms. The summed E-state index contributed by atoms with van der Waals surface area (Å²) in [6, 6.07) is 5.28. The molecule has 0 saturated carbocycles. The van der Waals surface area contributed by atoms with Crippen LogP contribution < -0.4 is 10.6 Å². The molecule has 2 N–H and O–H groups in total. The third kappa shape index (κ3) is 6.15. The van der Waals surface area contributed by atoms with Gasteiger partial charge < -0.3 is 15.2 Å². The molecule has 154 valence electrons. The molecule has 6 nitrogen and oxygen atoms in total. The van der Waals surface area contributed by atoms with E-state index in [9.17, 15) is 4.39 Å². The van der Waals surface area contributed by atoms with Crippen molar-refractivity contribution in [3.8, 4) is 0 Å². The molecule has 0 radical (unpaired) electrons. The Bertz CT molecular complexity index is 789. The number of aliphatic imine (C=N–C) groups is 1. The number of hydrogen-bond acceptors (Lipinski definition) is 3. The van der Waals surface area contributed by atoms with Gasteiger partial charge in [-0.1, -0.05) is 18.6 Å². The highest BCUT2D eigenvalue weighted by molar-refractivity contribution is 14.0. The maximum atomic E-state index is 13.6. The topological polar surface area (TPSA) is 67.1 Å². The number of rotatable bonds is 6. The van der Waals surface area contributed by atoms with Crippen molar-refractivity contribution in [1.29, 1.82) is 0 Å². The lowest BCUT2D eigenvalue weighted by Crippen LogP contribution is -2.37. The molecule has 1 aliphatic heterocycles. The summed E-state index contributed by atoms with van der Waals surface area (Å²) in [5.41, 5.74) is 1.56. The van der Waals surface area contributed by atoms with E-state index in [2.05, 4.69) is 30.4 Å². The number of guanidine groups is 1. The molecule has 0 atom stereocenters. The molecule has 0 aliphatic carbocycles. The van der Waals surface area contributed by atoms with E-state index in [-0.39, 0.29) is 29.8 Å². The first-order valence-electron chi connectivity index (χ1n) is 9.78. The molecule has 0 unspecified atom stereocenters. The molecule has 0 amide bonds. The lowest BCUT2D eigenvalue weighted by molar-refractivity contribution is 0.593. The predicted octanol–water partition coefficient (Wildman–Crippen LogP) is 3.37. The first-order valence-corrected chi connectivity index (χ1v) is 9.78. The number of benzene rings is 1. The van der Waals surface area contributed by atoms with Crippen LogP contribution in [0.15, 0.2) is 23.2 Å². The molecule has 1 aromatic carbocycles. The van der Waals surface area contributed by atoms with Gasteiger partial charge >= 0.3 is 0 Å². The van der Waals surface area contributed by atoms with E-state index >= 15 is 0 Å². The Morgan fingerprint density at radius 1 is 1.21 bits per heavy atom. The number of aryl methyl sites for hydroxylation is 3. The SMILES string of the molecule is CN=C(NCCCc1nnc2n1CCCCC2)NCc1ccc(C)c(F)c1.I. The Kier molecular flexibility index (Phi) is 9.14. The maximum absolute atomic E-state index is 13.6. The zero-order valence-electron chi connectivity index (χ0n) is 16.7. The number of fused-ring (bicyclic) bond motifs is 1. The van der Waals surface area contributed by atoms with Crippen LogP contribution in [0.2, 0.25) is 0 Å². The summed E-state index contributed by atoms with van der Waals surface area (Å²) in [4.78, 5) is 4.23. The fourth-order valence-electron chi connectivity index (χ4n) is 3.34. The van der Waals surface area contributed by atoms with Gasteiger partial charge in [-0.25, -0.2) is 4.39 Å². The zero-order chi connectivity index (χ0) is 19.1. The summed E-state index contributed by atoms with van der Waals surface area (Å²) in [6.07, 6.45) is 6.61. The summed E-state index contributed by atoms with van der Waals surface area (Å²) in [7, 11) is 1.74. The average Bonchev–Trinajstić information content (AvgIpc) is 2.90. The van der Waals surface area contributed by atoms with Crippen molar-refractivity contribution in [2.45, 2.75) is 58.5 Å². The minimum atomic E-state index is -0.176. The summed E-state index contributed by atoms with van der Waals surface area (Å²) >= 11 is 0. The van der Waals surface area contributed by atoms with Crippen LogP contribution >= 0.6 is 24.0 Å². The Morgan fingerprint density at radius 3 is 2.86 bits per heavy atom. The minimum absolute atomic E-state index is 0. The van der Waals surface area contributed by atoms with Crippen molar-refractivity contribution in [3.05, 3.63) is 46.8 Å². The second-order valence-corrected chi connectivity index (χ2v) is 7.03. The van der Waals surface area contributed by atoms with E-state index in [0.29, 0.717) is 12.1 Å². The fraction of sp³-hybridized carbons (Fsp3) is 0.550. The van der Waals surface area contributed by atoms with Crippen LogP contribution in [0.5, 0.6) is 0 Å². The van der Waals surface area contributed by atoms with E-state index in [0.717, 1.165) is 55.5 Å². The molecule has 2 aromatic rings. The average molecular weight is 500 g/mol. The lowest BCUT2D eigenvalue weighted by atomic mass is 10.1. The van der Waals surface area contributed by atoms with Crippen LogP contribution in [-0.4, -0.2) is 34.3 Å². The zero-order valence-corrected chi connectivity index (χ0v) is 19.0. The second-order valence-electron chi connectivity index (χ2n) is 7.03. The third-order valence-electron chi connectivity index (χ3n) is 4.98. The Morgan fingerprint density at radius 2 is 2.07 bits per heavy atom. The smallest absolute Gasteiger partial charge is 0.191 e. The van der Waals surface area contributed by atoms with Gasteiger partial charge in [-0.15, -0.1) is 34.2 Å². The van der Waals surface area contributed by atoms with Crippen LogP contribution in [0.4, 0.5) is 4.39 Å². The summed E-state index contributed by atoms with van der Waals surface area (Å²) in [5.74, 6) is 2.77. The Labute approximate surface area is 183 Å². The number of aromatic nitrogens is 3. The van der Waals surface area contributed by atoms with Crippen molar-refractivity contribution >= 4 is 29.9 Å². The first kappa shape index (κ1) is 22.6. The van der Waals surface area contributed by atoms with Crippen LogP contribution in [0, 0.1) is 12.7 Å². The Balaban J connectivity index is 0.00000280. The lowest BCUT2D eigenvalue weighted by Gasteiger charge is -2.12. The quantitative estimate of drug-likeness (QED) is 0.276. The number of halogens is 2. The molecule has 0 fully saturated rings. The van der Waals surface area contributed by atoms with Gasteiger partial charge in [0.15, 0.2) is 5.96 Å². The molecule has 3 rings (SSSR count). The van der Waals surface area contributed by atoms with Crippen LogP contribution in [0.25, 0.3) is 0 Å². The largest absolute Gasteiger partial charge is 0.356 e. The minimum Gasteiger partial charge on any atom is -0.356 e. The van der Waals surface area contributed by atoms with Gasteiger partial charge in [-0.2, -0.15) is 0 Å². The highest BCUT2D eigenvalue weighted by atomic mass is 127. The van der Waals surface area contributed by atoms with Gasteiger partial charge in [0.2, 0.25) is 0 Å². The van der Waals surface area contributed by atoms with E-state index in [4.69, 9.17) is 0 Å². The molecule has 0 saturated heterocycles. The molecular formula is C20H30FIN6. The van der Waals surface area contributed by atoms with E-state index in [1.54, 1.807) is 26.1 Å². The number of hydrogen-bond donors (Lipinski definition) is 2. The van der Waals surface area contributed by atoms with E-state index in [1.807, 2.05) is 6.07 Å². The van der Waals surface area contributed by atoms with Gasteiger partial charge in [0, 0.05) is 39.5 Å². The Hall–Kier alpha value is -1.71. The monoisotopic (exact) mass is 500 g/mol. The molecule has 8 heteroatoms. The van der Waals surface area contributed by atoms with Crippen molar-refractivity contribution < 1.29 is 4.39 Å². The second kappa shape index (κ2) is 11.3. The normalized spacial score (nSPS) is 14.0. The fourth-order valence-corrected chi connectivity index (χ4v) is 3.34. The first-order chi connectivity index (χ1) is 13.2. The molecule has 0 spiro atoms. The standard InChI is InChI=1S/C20H29FN6.HI/c1-15-9-10-16(13-17(15)21)14-24-20(22-2)23-11-6-8-19-26-25-18-7-4-3-5-12-27(18)19;/h9-10,13H,3-8,11-12,14H2,1-2H3,(H2,22,23,24);1H. The van der Waals surface area contributed by atoms with Crippen molar-refractivity contribution in [2.24, 2.45) is 4.99 Å². The van der Waals surface area contributed by atoms with Crippen molar-refractivity contribution in [3.63, 3.8) is 0 Å². The van der Waals surface area contributed by atoms with Crippen molar-refractivity contribution in [1.82, 2.24) is 25.4 Å². The van der Waals surface area contributed by atoms with Gasteiger partial charge in [0.1, 0.15) is 17.5 Å². The van der Waals surface area contributed by atoms with E-state index < -0.39 is 0 Å². The molecule has 1 aromatic heterocycles. The summed E-state index contributed by atoms with van der Waals surface area (Å²) in [5, 5.41) is 15.3. The van der Waals surface area contributed by atoms with Gasteiger partial charge in [-0.05, 0) is 43.4 Å². The number of nitrogens with zero attached hydrogens (tertiary/aromatic N) is 4. The molecular weight excluding hydrogens is 470 g/mol. The highest BCUT2D eigenvalue weighted by Crippen LogP contribution is 2.15. The van der Waals surface area contributed by atoms with Crippen LogP contribution in [0.1, 0.15) is 48.5 Å². The van der Waals surface area contributed by atoms with Gasteiger partial charge in [0.25, 0.3) is 0 Å². The summed E-state index contributed by atoms with van der Waals surface area (Å²) in [6.45, 7) is 4.14. The third-order valence-corrected chi connectivity index (χ3v) is 4.98.